The third-order valence-corrected chi connectivity index (χ3v) is 3.46. The van der Waals surface area contributed by atoms with Gasteiger partial charge < -0.3 is 16.3 Å². The van der Waals surface area contributed by atoms with Gasteiger partial charge in [0.25, 0.3) is 0 Å². The number of hydrogen-bond donors (Lipinski definition) is 3. The van der Waals surface area contributed by atoms with Crippen LogP contribution in [0.25, 0.3) is 0 Å². The third kappa shape index (κ3) is 3.38. The second-order valence-corrected chi connectivity index (χ2v) is 4.47. The Kier molecular flexibility index (Phi) is 4.88. The number of oxime groups is 1. The summed E-state index contributed by atoms with van der Waals surface area (Å²) in [6.45, 7) is 4.18. The quantitative estimate of drug-likeness (QED) is 0.288. The molecule has 1 aliphatic carbocycles. The SMILES string of the molecule is CCC1CCCCC1NC(C)C(N)=NO. The highest BCUT2D eigenvalue weighted by molar-refractivity contribution is 5.84. The van der Waals surface area contributed by atoms with Gasteiger partial charge >= 0.3 is 0 Å². The van der Waals surface area contributed by atoms with Crippen LogP contribution >= 0.6 is 0 Å². The molecule has 0 bridgehead atoms. The average molecular weight is 213 g/mol. The summed E-state index contributed by atoms with van der Waals surface area (Å²) < 4.78 is 0. The fraction of sp³-hybridized carbons (Fsp3) is 0.909. The molecule has 3 unspecified atom stereocenters. The maximum absolute atomic E-state index is 8.58. The number of amidine groups is 1. The van der Waals surface area contributed by atoms with Crippen molar-refractivity contribution in [2.45, 2.75) is 58.0 Å². The topological polar surface area (TPSA) is 70.6 Å². The van der Waals surface area contributed by atoms with Gasteiger partial charge in [-0.1, -0.05) is 31.3 Å². The second kappa shape index (κ2) is 5.95. The fourth-order valence-corrected chi connectivity index (χ4v) is 2.41. The van der Waals surface area contributed by atoms with E-state index in [0.29, 0.717) is 6.04 Å². The first kappa shape index (κ1) is 12.3. The molecule has 0 aliphatic heterocycles. The van der Waals surface area contributed by atoms with Gasteiger partial charge in [-0.15, -0.1) is 0 Å². The molecule has 1 saturated carbocycles. The van der Waals surface area contributed by atoms with Crippen molar-refractivity contribution in [1.82, 2.24) is 5.32 Å². The van der Waals surface area contributed by atoms with Crippen LogP contribution in [0.2, 0.25) is 0 Å². The van der Waals surface area contributed by atoms with Gasteiger partial charge in [0.15, 0.2) is 5.84 Å². The molecule has 88 valence electrons. The van der Waals surface area contributed by atoms with Crippen molar-refractivity contribution in [1.29, 1.82) is 0 Å². The zero-order chi connectivity index (χ0) is 11.3. The summed E-state index contributed by atoms with van der Waals surface area (Å²) in [6, 6.07) is 0.492. The van der Waals surface area contributed by atoms with Gasteiger partial charge in [0.1, 0.15) is 0 Å². The normalized spacial score (nSPS) is 30.1. The van der Waals surface area contributed by atoms with Crippen LogP contribution < -0.4 is 11.1 Å². The molecule has 1 aliphatic rings. The lowest BCUT2D eigenvalue weighted by atomic mass is 9.82. The van der Waals surface area contributed by atoms with Gasteiger partial charge in [0.2, 0.25) is 0 Å². The van der Waals surface area contributed by atoms with E-state index in [1.807, 2.05) is 6.92 Å². The van der Waals surface area contributed by atoms with Crippen LogP contribution in [-0.2, 0) is 0 Å². The molecule has 0 heterocycles. The van der Waals surface area contributed by atoms with Crippen LogP contribution in [0, 0.1) is 5.92 Å². The minimum atomic E-state index is -0.0350. The van der Waals surface area contributed by atoms with Crippen LogP contribution in [-0.4, -0.2) is 23.1 Å². The molecular weight excluding hydrogens is 190 g/mol. The highest BCUT2D eigenvalue weighted by Gasteiger charge is 2.25. The number of hydrogen-bond acceptors (Lipinski definition) is 3. The van der Waals surface area contributed by atoms with Crippen LogP contribution in [0.4, 0.5) is 0 Å². The molecule has 4 nitrogen and oxygen atoms in total. The number of rotatable bonds is 4. The third-order valence-electron chi connectivity index (χ3n) is 3.46. The molecule has 0 aromatic carbocycles. The predicted molar refractivity (Wildman–Crippen MR) is 62.0 cm³/mol. The smallest absolute Gasteiger partial charge is 0.156 e. The molecule has 4 N–H and O–H groups in total. The Hall–Kier alpha value is -0.770. The van der Waals surface area contributed by atoms with Crippen LogP contribution in [0.1, 0.15) is 46.0 Å². The summed E-state index contributed by atoms with van der Waals surface area (Å²) in [5, 5.41) is 15.1. The van der Waals surface area contributed by atoms with Crippen molar-refractivity contribution < 1.29 is 5.21 Å². The summed E-state index contributed by atoms with van der Waals surface area (Å²) in [5.41, 5.74) is 5.56. The first-order valence-corrected chi connectivity index (χ1v) is 5.92. The van der Waals surface area contributed by atoms with Gasteiger partial charge in [0, 0.05) is 6.04 Å². The first-order valence-electron chi connectivity index (χ1n) is 5.92. The largest absolute Gasteiger partial charge is 0.409 e. The summed E-state index contributed by atoms with van der Waals surface area (Å²) in [4.78, 5) is 0. The molecule has 0 aromatic heterocycles. The molecule has 0 aromatic rings. The Morgan fingerprint density at radius 2 is 2.20 bits per heavy atom. The van der Waals surface area contributed by atoms with E-state index < -0.39 is 0 Å². The van der Waals surface area contributed by atoms with Crippen molar-refractivity contribution in [3.8, 4) is 0 Å². The predicted octanol–water partition coefficient (Wildman–Crippen LogP) is 1.68. The highest BCUT2D eigenvalue weighted by atomic mass is 16.4. The van der Waals surface area contributed by atoms with Crippen molar-refractivity contribution in [2.24, 2.45) is 16.8 Å². The van der Waals surface area contributed by atoms with Crippen molar-refractivity contribution in [3.05, 3.63) is 0 Å². The van der Waals surface area contributed by atoms with Gasteiger partial charge in [-0.25, -0.2) is 0 Å². The minimum Gasteiger partial charge on any atom is -0.409 e. The van der Waals surface area contributed by atoms with E-state index >= 15 is 0 Å². The second-order valence-electron chi connectivity index (χ2n) is 4.47. The zero-order valence-electron chi connectivity index (χ0n) is 9.74. The Balaban J connectivity index is 2.47. The molecule has 0 saturated heterocycles. The molecule has 0 spiro atoms. The Labute approximate surface area is 91.9 Å². The van der Waals surface area contributed by atoms with Crippen molar-refractivity contribution in [3.63, 3.8) is 0 Å². The molecule has 4 heteroatoms. The summed E-state index contributed by atoms with van der Waals surface area (Å²) in [5.74, 6) is 1.02. The van der Waals surface area contributed by atoms with E-state index in [2.05, 4.69) is 17.4 Å². The lowest BCUT2D eigenvalue weighted by Crippen LogP contribution is -2.48. The van der Waals surface area contributed by atoms with E-state index in [9.17, 15) is 0 Å². The molecule has 0 radical (unpaired) electrons. The number of nitrogens with two attached hydrogens (primary N) is 1. The molecule has 0 amide bonds. The van der Waals surface area contributed by atoms with Gasteiger partial charge in [-0.3, -0.25) is 0 Å². The summed E-state index contributed by atoms with van der Waals surface area (Å²) in [6.07, 6.45) is 6.35. The molecule has 3 atom stereocenters. The van der Waals surface area contributed by atoms with E-state index in [1.54, 1.807) is 0 Å². The molecule has 1 fully saturated rings. The molecule has 15 heavy (non-hydrogen) atoms. The maximum Gasteiger partial charge on any atom is 0.156 e. The van der Waals surface area contributed by atoms with E-state index in [1.165, 1.54) is 32.1 Å². The Bertz CT molecular complexity index is 218. The molecule has 1 rings (SSSR count). The number of nitrogens with one attached hydrogen (secondary N) is 1. The average Bonchev–Trinajstić information content (AvgIpc) is 2.28. The van der Waals surface area contributed by atoms with Crippen LogP contribution in [0.3, 0.4) is 0 Å². The Morgan fingerprint density at radius 3 is 2.80 bits per heavy atom. The van der Waals surface area contributed by atoms with E-state index in [4.69, 9.17) is 10.9 Å². The van der Waals surface area contributed by atoms with Crippen molar-refractivity contribution >= 4 is 5.84 Å². The highest BCUT2D eigenvalue weighted by Crippen LogP contribution is 2.26. The van der Waals surface area contributed by atoms with Gasteiger partial charge in [-0.05, 0) is 25.7 Å². The lowest BCUT2D eigenvalue weighted by Gasteiger charge is -2.33. The minimum absolute atomic E-state index is 0.0350. The van der Waals surface area contributed by atoms with E-state index in [-0.39, 0.29) is 11.9 Å². The fourth-order valence-electron chi connectivity index (χ4n) is 2.41. The monoisotopic (exact) mass is 213 g/mol. The maximum atomic E-state index is 8.58. The Morgan fingerprint density at radius 1 is 1.53 bits per heavy atom. The summed E-state index contributed by atoms with van der Waals surface area (Å²) in [7, 11) is 0. The van der Waals surface area contributed by atoms with Gasteiger partial charge in [-0.2, -0.15) is 0 Å². The standard InChI is InChI=1S/C11H23N3O/c1-3-9-6-4-5-7-10(9)13-8(2)11(12)14-15/h8-10,13,15H,3-7H2,1-2H3,(H2,12,14). The zero-order valence-corrected chi connectivity index (χ0v) is 9.74. The van der Waals surface area contributed by atoms with Gasteiger partial charge in [0.05, 0.1) is 6.04 Å². The van der Waals surface area contributed by atoms with E-state index in [0.717, 1.165) is 5.92 Å². The first-order chi connectivity index (χ1) is 7.19. The van der Waals surface area contributed by atoms with Crippen LogP contribution in [0.5, 0.6) is 0 Å². The number of nitrogens with zero attached hydrogens (tertiary/aromatic N) is 1. The van der Waals surface area contributed by atoms with Crippen molar-refractivity contribution in [2.75, 3.05) is 0 Å². The van der Waals surface area contributed by atoms with Crippen LogP contribution in [0.15, 0.2) is 5.16 Å². The molecular formula is C11H23N3O. The lowest BCUT2D eigenvalue weighted by molar-refractivity contribution is 0.249. The summed E-state index contributed by atoms with van der Waals surface area (Å²) >= 11 is 0.